The van der Waals surface area contributed by atoms with E-state index in [0.29, 0.717) is 23.7 Å². The van der Waals surface area contributed by atoms with E-state index in [2.05, 4.69) is 5.32 Å². The first-order chi connectivity index (χ1) is 15.4. The maximum atomic E-state index is 12.8. The van der Waals surface area contributed by atoms with Gasteiger partial charge >= 0.3 is 6.03 Å². The molecule has 0 aromatic heterocycles. The Morgan fingerprint density at radius 2 is 1.81 bits per heavy atom. The molecule has 2 aromatic rings. The van der Waals surface area contributed by atoms with Gasteiger partial charge in [0.2, 0.25) is 0 Å². The summed E-state index contributed by atoms with van der Waals surface area (Å²) in [7, 11) is 3.04. The van der Waals surface area contributed by atoms with Crippen molar-refractivity contribution in [1.82, 2.24) is 10.2 Å². The van der Waals surface area contributed by atoms with Crippen molar-refractivity contribution in [2.45, 2.75) is 13.0 Å². The molecule has 1 atom stereocenters. The van der Waals surface area contributed by atoms with Crippen LogP contribution in [0.25, 0.3) is 0 Å². The Morgan fingerprint density at radius 3 is 2.53 bits per heavy atom. The average Bonchev–Trinajstić information content (AvgIpc) is 3.09. The molecule has 3 amide bonds. The largest absolute Gasteiger partial charge is 0.493 e. The number of amides is 3. The summed E-state index contributed by atoms with van der Waals surface area (Å²) in [5, 5.41) is 13.2. The third kappa shape index (κ3) is 5.49. The number of hydrogen-bond acceptors (Lipinski definition) is 7. The Morgan fingerprint density at radius 1 is 1.06 bits per heavy atom. The van der Waals surface area contributed by atoms with Crippen LogP contribution in [-0.2, 0) is 4.79 Å². The molecule has 1 fully saturated rings. The zero-order valence-corrected chi connectivity index (χ0v) is 18.5. The van der Waals surface area contributed by atoms with Gasteiger partial charge in [-0.3, -0.25) is 14.6 Å². The van der Waals surface area contributed by atoms with Crippen LogP contribution in [-0.4, -0.2) is 75.1 Å². The van der Waals surface area contributed by atoms with E-state index in [0.717, 1.165) is 11.3 Å². The summed E-state index contributed by atoms with van der Waals surface area (Å²) in [4.78, 5) is 27.7. The second-order valence-electron chi connectivity index (χ2n) is 7.39. The van der Waals surface area contributed by atoms with Crippen LogP contribution in [0.1, 0.15) is 5.56 Å². The maximum Gasteiger partial charge on any atom is 0.331 e. The van der Waals surface area contributed by atoms with Crippen LogP contribution in [0.2, 0.25) is 0 Å². The molecule has 1 saturated heterocycles. The van der Waals surface area contributed by atoms with E-state index in [1.165, 1.54) is 24.0 Å². The van der Waals surface area contributed by atoms with E-state index < -0.39 is 12.1 Å². The van der Waals surface area contributed by atoms with Crippen LogP contribution in [0.4, 0.5) is 10.5 Å². The van der Waals surface area contributed by atoms with Gasteiger partial charge in [-0.1, -0.05) is 18.2 Å². The summed E-state index contributed by atoms with van der Waals surface area (Å²) in [6, 6.07) is 12.3. The molecule has 1 unspecified atom stereocenters. The van der Waals surface area contributed by atoms with E-state index in [-0.39, 0.29) is 32.1 Å². The standard InChI is InChI=1S/C23H29N3O6/c1-16-6-4-5-7-19(16)32-15-18(27)13-24-10-11-25-22(28)14-26(23(25)29)17-8-9-20(30-2)21(12-17)31-3/h4-9,12,18,24,27H,10-11,13-15H2,1-3H3. The molecule has 1 aliphatic rings. The van der Waals surface area contributed by atoms with Crippen molar-refractivity contribution in [3.63, 3.8) is 0 Å². The van der Waals surface area contributed by atoms with E-state index in [1.807, 2.05) is 31.2 Å². The minimum Gasteiger partial charge on any atom is -0.493 e. The number of methoxy groups -OCH3 is 2. The molecule has 9 nitrogen and oxygen atoms in total. The number of rotatable bonds is 11. The number of nitrogens with zero attached hydrogens (tertiary/aromatic N) is 2. The Balaban J connectivity index is 1.46. The molecule has 0 aliphatic carbocycles. The van der Waals surface area contributed by atoms with Gasteiger partial charge in [-0.15, -0.1) is 0 Å². The number of imide groups is 1. The van der Waals surface area contributed by atoms with Gasteiger partial charge in [-0.2, -0.15) is 0 Å². The first kappa shape index (κ1) is 23.4. The number of carbonyl (C=O) groups is 2. The summed E-state index contributed by atoms with van der Waals surface area (Å²) in [6.07, 6.45) is -0.720. The molecule has 1 aliphatic heterocycles. The Labute approximate surface area is 187 Å². The Bertz CT molecular complexity index is 951. The maximum absolute atomic E-state index is 12.8. The number of carbonyl (C=O) groups excluding carboxylic acids is 2. The lowest BCUT2D eigenvalue weighted by Gasteiger charge is -2.19. The molecule has 0 spiro atoms. The van der Waals surface area contributed by atoms with Crippen molar-refractivity contribution in [3.8, 4) is 17.2 Å². The minimum atomic E-state index is -0.720. The van der Waals surface area contributed by atoms with Gasteiger partial charge in [0.1, 0.15) is 25.0 Å². The topological polar surface area (TPSA) is 101 Å². The van der Waals surface area contributed by atoms with Crippen LogP contribution in [0.5, 0.6) is 17.2 Å². The number of aryl methyl sites for hydroxylation is 1. The third-order valence-corrected chi connectivity index (χ3v) is 5.15. The molecule has 2 aromatic carbocycles. The van der Waals surface area contributed by atoms with Gasteiger partial charge in [0.25, 0.3) is 5.91 Å². The highest BCUT2D eigenvalue weighted by Gasteiger charge is 2.36. The number of benzene rings is 2. The minimum absolute atomic E-state index is 0.0405. The molecule has 0 bridgehead atoms. The summed E-state index contributed by atoms with van der Waals surface area (Å²) >= 11 is 0. The number of aliphatic hydroxyl groups excluding tert-OH is 1. The van der Waals surface area contributed by atoms with Gasteiger partial charge in [0, 0.05) is 31.4 Å². The number of urea groups is 1. The number of anilines is 1. The fraction of sp³-hybridized carbons (Fsp3) is 0.391. The zero-order valence-electron chi connectivity index (χ0n) is 18.5. The SMILES string of the molecule is COc1ccc(N2CC(=O)N(CCNCC(O)COc3ccccc3C)C2=O)cc1OC. The fourth-order valence-corrected chi connectivity index (χ4v) is 3.38. The van der Waals surface area contributed by atoms with E-state index >= 15 is 0 Å². The van der Waals surface area contributed by atoms with Crippen molar-refractivity contribution in [1.29, 1.82) is 0 Å². The third-order valence-electron chi connectivity index (χ3n) is 5.15. The Kier molecular flexibility index (Phi) is 7.91. The molecule has 3 rings (SSSR count). The predicted molar refractivity (Wildman–Crippen MR) is 120 cm³/mol. The molecule has 0 radical (unpaired) electrons. The van der Waals surface area contributed by atoms with Crippen molar-refractivity contribution in [3.05, 3.63) is 48.0 Å². The van der Waals surface area contributed by atoms with Crippen LogP contribution < -0.4 is 24.4 Å². The number of nitrogens with one attached hydrogen (secondary N) is 1. The molecule has 32 heavy (non-hydrogen) atoms. The average molecular weight is 444 g/mol. The summed E-state index contributed by atoms with van der Waals surface area (Å²) < 4.78 is 16.1. The van der Waals surface area contributed by atoms with Crippen molar-refractivity contribution >= 4 is 17.6 Å². The van der Waals surface area contributed by atoms with Crippen LogP contribution in [0, 0.1) is 6.92 Å². The highest BCUT2D eigenvalue weighted by atomic mass is 16.5. The van der Waals surface area contributed by atoms with Crippen molar-refractivity contribution in [2.75, 3.05) is 51.9 Å². The van der Waals surface area contributed by atoms with Gasteiger partial charge in [-0.05, 0) is 30.7 Å². The van der Waals surface area contributed by atoms with E-state index in [4.69, 9.17) is 14.2 Å². The molecule has 0 saturated carbocycles. The number of ether oxygens (including phenoxy) is 3. The fourth-order valence-electron chi connectivity index (χ4n) is 3.38. The lowest BCUT2D eigenvalue weighted by atomic mass is 10.2. The summed E-state index contributed by atoms with van der Waals surface area (Å²) in [5.41, 5.74) is 1.55. The number of aliphatic hydroxyl groups is 1. The number of para-hydroxylation sites is 1. The highest BCUT2D eigenvalue weighted by Crippen LogP contribution is 2.32. The second-order valence-corrected chi connectivity index (χ2v) is 7.39. The van der Waals surface area contributed by atoms with Gasteiger partial charge in [0.15, 0.2) is 11.5 Å². The molecular weight excluding hydrogens is 414 g/mol. The first-order valence-corrected chi connectivity index (χ1v) is 10.4. The highest BCUT2D eigenvalue weighted by molar-refractivity contribution is 6.12. The van der Waals surface area contributed by atoms with E-state index in [9.17, 15) is 14.7 Å². The van der Waals surface area contributed by atoms with E-state index in [1.54, 1.807) is 18.2 Å². The quantitative estimate of drug-likeness (QED) is 0.404. The van der Waals surface area contributed by atoms with Gasteiger partial charge in [0.05, 0.1) is 14.2 Å². The van der Waals surface area contributed by atoms with Crippen LogP contribution in [0.3, 0.4) is 0 Å². The molecular formula is C23H29N3O6. The monoisotopic (exact) mass is 443 g/mol. The second kappa shape index (κ2) is 10.8. The van der Waals surface area contributed by atoms with Gasteiger partial charge in [-0.25, -0.2) is 4.79 Å². The number of hydrogen-bond donors (Lipinski definition) is 2. The van der Waals surface area contributed by atoms with Gasteiger partial charge < -0.3 is 24.6 Å². The molecule has 1 heterocycles. The first-order valence-electron chi connectivity index (χ1n) is 10.4. The molecule has 2 N–H and O–H groups in total. The molecule has 172 valence electrons. The zero-order chi connectivity index (χ0) is 23.1. The normalized spacial score (nSPS) is 14.6. The summed E-state index contributed by atoms with van der Waals surface area (Å²) in [5.74, 6) is 1.47. The Hall–Kier alpha value is -3.30. The van der Waals surface area contributed by atoms with Crippen molar-refractivity contribution < 1.29 is 28.9 Å². The lowest BCUT2D eigenvalue weighted by molar-refractivity contribution is -0.124. The van der Waals surface area contributed by atoms with Crippen LogP contribution in [0.15, 0.2) is 42.5 Å². The van der Waals surface area contributed by atoms with Crippen molar-refractivity contribution in [2.24, 2.45) is 0 Å². The smallest absolute Gasteiger partial charge is 0.331 e. The molecule has 9 heteroatoms. The lowest BCUT2D eigenvalue weighted by Crippen LogP contribution is -2.40. The summed E-state index contributed by atoms with van der Waals surface area (Å²) in [6.45, 7) is 2.88. The predicted octanol–water partition coefficient (Wildman–Crippen LogP) is 1.81. The van der Waals surface area contributed by atoms with Crippen LogP contribution >= 0.6 is 0 Å².